The zero-order valence-electron chi connectivity index (χ0n) is 9.76. The summed E-state index contributed by atoms with van der Waals surface area (Å²) in [5, 5.41) is 22.7. The van der Waals surface area contributed by atoms with Gasteiger partial charge in [-0.25, -0.2) is 0 Å². The summed E-state index contributed by atoms with van der Waals surface area (Å²) in [6.07, 6.45) is 0.879. The van der Waals surface area contributed by atoms with Crippen LogP contribution in [0, 0.1) is 27.4 Å². The van der Waals surface area contributed by atoms with Gasteiger partial charge >= 0.3 is 5.69 Å². The quantitative estimate of drug-likeness (QED) is 0.628. The Balaban J connectivity index is 2.01. The van der Waals surface area contributed by atoms with E-state index in [1.54, 1.807) is 0 Å². The minimum absolute atomic E-state index is 0.152. The number of hydrogen-bond donors (Lipinski definition) is 1. The van der Waals surface area contributed by atoms with E-state index in [9.17, 15) is 10.1 Å². The number of hydrogen-bond acceptors (Lipinski definition) is 5. The molecule has 6 nitrogen and oxygen atoms in total. The topological polar surface area (TPSA) is 88.2 Å². The Labute approximate surface area is 104 Å². The van der Waals surface area contributed by atoms with Gasteiger partial charge in [0.2, 0.25) is 0 Å². The van der Waals surface area contributed by atoms with Crippen LogP contribution in [0.4, 0.5) is 5.69 Å². The summed E-state index contributed by atoms with van der Waals surface area (Å²) in [5.74, 6) is 0.828. The largest absolute Gasteiger partial charge is 0.487 e. The summed E-state index contributed by atoms with van der Waals surface area (Å²) in [7, 11) is 0. The van der Waals surface area contributed by atoms with Crippen LogP contribution in [0.1, 0.15) is 12.0 Å². The minimum Gasteiger partial charge on any atom is -0.487 e. The summed E-state index contributed by atoms with van der Waals surface area (Å²) in [5.41, 5.74) is 0.109. The molecule has 0 radical (unpaired) electrons. The first kappa shape index (κ1) is 12.3. The highest BCUT2D eigenvalue weighted by molar-refractivity contribution is 5.51. The molecule has 0 saturated carbocycles. The molecule has 0 unspecified atom stereocenters. The second kappa shape index (κ2) is 5.47. The van der Waals surface area contributed by atoms with Crippen LogP contribution in [0.3, 0.4) is 0 Å². The number of ether oxygens (including phenoxy) is 1. The molecule has 1 aliphatic heterocycles. The standard InChI is InChI=1S/C12H13N3O3/c13-6-9-1-2-12(11(5-9)15(16)17)18-4-3-10-7-14-8-10/h1-2,5,10,14H,3-4,7-8H2. The van der Waals surface area contributed by atoms with E-state index in [0.717, 1.165) is 19.5 Å². The summed E-state index contributed by atoms with van der Waals surface area (Å²) < 4.78 is 5.43. The van der Waals surface area contributed by atoms with E-state index >= 15 is 0 Å². The van der Waals surface area contributed by atoms with E-state index in [-0.39, 0.29) is 17.0 Å². The third kappa shape index (κ3) is 2.76. The van der Waals surface area contributed by atoms with Crippen molar-refractivity contribution in [3.05, 3.63) is 33.9 Å². The summed E-state index contributed by atoms with van der Waals surface area (Å²) in [6.45, 7) is 2.43. The average molecular weight is 247 g/mol. The van der Waals surface area contributed by atoms with Crippen LogP contribution in [0.25, 0.3) is 0 Å². The molecule has 0 aromatic heterocycles. The Morgan fingerprint density at radius 3 is 2.89 bits per heavy atom. The van der Waals surface area contributed by atoms with E-state index in [2.05, 4.69) is 5.32 Å². The number of nitro groups is 1. The van der Waals surface area contributed by atoms with Gasteiger partial charge in [0, 0.05) is 6.07 Å². The van der Waals surface area contributed by atoms with Crippen LogP contribution in [-0.4, -0.2) is 24.6 Å². The fourth-order valence-electron chi connectivity index (χ4n) is 1.74. The maximum atomic E-state index is 10.9. The van der Waals surface area contributed by atoms with Gasteiger partial charge in [0.1, 0.15) is 0 Å². The molecule has 1 fully saturated rings. The van der Waals surface area contributed by atoms with Gasteiger partial charge < -0.3 is 10.1 Å². The van der Waals surface area contributed by atoms with E-state index in [1.165, 1.54) is 18.2 Å². The first-order valence-corrected chi connectivity index (χ1v) is 5.73. The maximum absolute atomic E-state index is 10.9. The van der Waals surface area contributed by atoms with Crippen LogP contribution >= 0.6 is 0 Å². The Hall–Kier alpha value is -2.13. The van der Waals surface area contributed by atoms with Gasteiger partial charge in [0.05, 0.1) is 23.2 Å². The number of nitrogens with zero attached hydrogens (tertiary/aromatic N) is 2. The van der Waals surface area contributed by atoms with Crippen LogP contribution in [-0.2, 0) is 0 Å². The Morgan fingerprint density at radius 1 is 1.56 bits per heavy atom. The Bertz CT molecular complexity index is 492. The van der Waals surface area contributed by atoms with Crippen molar-refractivity contribution in [3.63, 3.8) is 0 Å². The number of nitrogens with one attached hydrogen (secondary N) is 1. The zero-order chi connectivity index (χ0) is 13.0. The predicted octanol–water partition coefficient (Wildman–Crippen LogP) is 1.45. The van der Waals surface area contributed by atoms with Crippen molar-refractivity contribution < 1.29 is 9.66 Å². The Kier molecular flexibility index (Phi) is 3.75. The number of benzene rings is 1. The lowest BCUT2D eigenvalue weighted by molar-refractivity contribution is -0.385. The van der Waals surface area contributed by atoms with Crippen molar-refractivity contribution in [1.82, 2.24) is 5.32 Å². The molecule has 1 N–H and O–H groups in total. The van der Waals surface area contributed by atoms with Gasteiger partial charge in [-0.05, 0) is 37.6 Å². The highest BCUT2D eigenvalue weighted by atomic mass is 16.6. The van der Waals surface area contributed by atoms with E-state index < -0.39 is 4.92 Å². The lowest BCUT2D eigenvalue weighted by Crippen LogP contribution is -2.42. The molecule has 1 aromatic carbocycles. The zero-order valence-corrected chi connectivity index (χ0v) is 9.76. The fraction of sp³-hybridized carbons (Fsp3) is 0.417. The highest BCUT2D eigenvalue weighted by Crippen LogP contribution is 2.28. The molecule has 6 heteroatoms. The molecule has 1 aromatic rings. The molecule has 0 bridgehead atoms. The summed E-state index contributed by atoms with van der Waals surface area (Å²) in [4.78, 5) is 10.3. The molecule has 1 aliphatic rings. The van der Waals surface area contributed by atoms with E-state index in [0.29, 0.717) is 12.5 Å². The summed E-state index contributed by atoms with van der Waals surface area (Å²) in [6, 6.07) is 6.11. The molecule has 0 atom stereocenters. The van der Waals surface area contributed by atoms with E-state index in [4.69, 9.17) is 10.00 Å². The van der Waals surface area contributed by atoms with Crippen LogP contribution in [0.15, 0.2) is 18.2 Å². The normalized spacial score (nSPS) is 14.6. The van der Waals surface area contributed by atoms with Crippen molar-refractivity contribution in [2.45, 2.75) is 6.42 Å². The SMILES string of the molecule is N#Cc1ccc(OCCC2CNC2)c([N+](=O)[O-])c1. The first-order chi connectivity index (χ1) is 8.70. The van der Waals surface area contributed by atoms with Gasteiger partial charge in [-0.15, -0.1) is 0 Å². The van der Waals surface area contributed by atoms with Crippen molar-refractivity contribution in [2.75, 3.05) is 19.7 Å². The lowest BCUT2D eigenvalue weighted by Gasteiger charge is -2.26. The van der Waals surface area contributed by atoms with Gasteiger partial charge in [-0.1, -0.05) is 0 Å². The number of rotatable bonds is 5. The van der Waals surface area contributed by atoms with Crippen molar-refractivity contribution in [3.8, 4) is 11.8 Å². The van der Waals surface area contributed by atoms with Crippen molar-refractivity contribution in [2.24, 2.45) is 5.92 Å². The maximum Gasteiger partial charge on any atom is 0.312 e. The monoisotopic (exact) mass is 247 g/mol. The minimum atomic E-state index is -0.527. The predicted molar refractivity (Wildman–Crippen MR) is 64.3 cm³/mol. The lowest BCUT2D eigenvalue weighted by atomic mass is 10.0. The van der Waals surface area contributed by atoms with Gasteiger partial charge in [0.25, 0.3) is 0 Å². The molecular formula is C12H13N3O3. The van der Waals surface area contributed by atoms with E-state index in [1.807, 2.05) is 6.07 Å². The van der Waals surface area contributed by atoms with Crippen LogP contribution in [0.5, 0.6) is 5.75 Å². The van der Waals surface area contributed by atoms with Gasteiger partial charge in [-0.2, -0.15) is 5.26 Å². The molecule has 2 rings (SSSR count). The third-order valence-electron chi connectivity index (χ3n) is 2.93. The Morgan fingerprint density at radius 2 is 2.33 bits per heavy atom. The highest BCUT2D eigenvalue weighted by Gasteiger charge is 2.19. The second-order valence-corrected chi connectivity index (χ2v) is 4.21. The van der Waals surface area contributed by atoms with Crippen LogP contribution in [0.2, 0.25) is 0 Å². The van der Waals surface area contributed by atoms with Crippen molar-refractivity contribution >= 4 is 5.69 Å². The second-order valence-electron chi connectivity index (χ2n) is 4.21. The molecule has 0 aliphatic carbocycles. The van der Waals surface area contributed by atoms with Crippen LogP contribution < -0.4 is 10.1 Å². The molecule has 1 heterocycles. The third-order valence-corrected chi connectivity index (χ3v) is 2.93. The molecule has 18 heavy (non-hydrogen) atoms. The first-order valence-electron chi connectivity index (χ1n) is 5.73. The summed E-state index contributed by atoms with van der Waals surface area (Å²) >= 11 is 0. The molecule has 1 saturated heterocycles. The number of nitro benzene ring substituents is 1. The molecule has 0 amide bonds. The number of nitriles is 1. The smallest absolute Gasteiger partial charge is 0.312 e. The average Bonchev–Trinajstić information content (AvgIpc) is 2.32. The fourth-order valence-corrected chi connectivity index (χ4v) is 1.74. The van der Waals surface area contributed by atoms with Gasteiger partial charge in [0.15, 0.2) is 5.75 Å². The van der Waals surface area contributed by atoms with Crippen molar-refractivity contribution in [1.29, 1.82) is 5.26 Å². The molecular weight excluding hydrogens is 234 g/mol. The van der Waals surface area contributed by atoms with Gasteiger partial charge in [-0.3, -0.25) is 10.1 Å². The molecule has 0 spiro atoms. The molecule has 94 valence electrons.